The van der Waals surface area contributed by atoms with E-state index in [4.69, 9.17) is 9.47 Å². The summed E-state index contributed by atoms with van der Waals surface area (Å²) in [5.74, 6) is 1.24. The smallest absolute Gasteiger partial charge is 0.161 e. The molecule has 1 aromatic heterocycles. The number of aliphatic hydroxyl groups excluding tert-OH is 1. The predicted octanol–water partition coefficient (Wildman–Crippen LogP) is 3.49. The molecule has 106 valence electrons. The molecule has 0 unspecified atom stereocenters. The number of halogens is 1. The normalized spacial score (nSPS) is 12.0. The molecule has 0 saturated heterocycles. The van der Waals surface area contributed by atoms with Crippen molar-refractivity contribution in [2.45, 2.75) is 19.6 Å². The van der Waals surface area contributed by atoms with Gasteiger partial charge in [0.1, 0.15) is 6.61 Å². The maximum absolute atomic E-state index is 9.56. The lowest BCUT2D eigenvalue weighted by molar-refractivity contribution is 0.198. The number of ether oxygens (including phenoxy) is 2. The molecule has 0 aliphatic heterocycles. The molecule has 20 heavy (non-hydrogen) atoms. The number of methoxy groups -OCH3 is 1. The van der Waals surface area contributed by atoms with Crippen molar-refractivity contribution in [1.29, 1.82) is 0 Å². The van der Waals surface area contributed by atoms with Gasteiger partial charge in [-0.15, -0.1) is 0 Å². The molecular formula is C15H16BrNO3. The third-order valence-electron chi connectivity index (χ3n) is 2.83. The molecule has 0 amide bonds. The van der Waals surface area contributed by atoms with E-state index in [1.807, 2.05) is 12.1 Å². The fraction of sp³-hybridized carbons (Fsp3) is 0.267. The summed E-state index contributed by atoms with van der Waals surface area (Å²) in [7, 11) is 1.58. The van der Waals surface area contributed by atoms with Crippen LogP contribution in [0.25, 0.3) is 0 Å². The topological polar surface area (TPSA) is 51.6 Å². The molecule has 1 aromatic carbocycles. The van der Waals surface area contributed by atoms with E-state index in [0.717, 1.165) is 15.6 Å². The quantitative estimate of drug-likeness (QED) is 0.907. The van der Waals surface area contributed by atoms with Gasteiger partial charge in [-0.1, -0.05) is 6.07 Å². The van der Waals surface area contributed by atoms with Crippen molar-refractivity contribution in [2.24, 2.45) is 0 Å². The Morgan fingerprint density at radius 3 is 2.70 bits per heavy atom. The first-order valence-corrected chi connectivity index (χ1v) is 6.97. The maximum atomic E-state index is 9.56. The molecule has 2 rings (SSSR count). The molecule has 1 atom stereocenters. The Labute approximate surface area is 126 Å². The molecular weight excluding hydrogens is 322 g/mol. The first-order valence-electron chi connectivity index (χ1n) is 6.18. The Kier molecular flexibility index (Phi) is 4.98. The summed E-state index contributed by atoms with van der Waals surface area (Å²) in [6, 6.07) is 7.34. The lowest BCUT2D eigenvalue weighted by Gasteiger charge is -2.13. The van der Waals surface area contributed by atoms with E-state index >= 15 is 0 Å². The van der Waals surface area contributed by atoms with Crippen molar-refractivity contribution in [3.05, 3.63) is 52.3 Å². The molecule has 0 spiro atoms. The Morgan fingerprint density at radius 1 is 1.25 bits per heavy atom. The van der Waals surface area contributed by atoms with Gasteiger partial charge in [0.15, 0.2) is 11.5 Å². The van der Waals surface area contributed by atoms with Crippen LogP contribution < -0.4 is 9.47 Å². The number of aromatic nitrogens is 1. The molecule has 1 N–H and O–H groups in total. The number of aliphatic hydroxyl groups is 1. The molecule has 2 aromatic rings. The van der Waals surface area contributed by atoms with Gasteiger partial charge in [0.05, 0.1) is 13.2 Å². The standard InChI is InChI=1S/C15H16BrNO3/c1-10(18)12-3-4-14(15(6-12)19-2)20-9-11-5-13(16)8-17-7-11/h3-8,10,18H,9H2,1-2H3/t10-/m0/s1. The highest BCUT2D eigenvalue weighted by Crippen LogP contribution is 2.30. The summed E-state index contributed by atoms with van der Waals surface area (Å²) in [5.41, 5.74) is 1.75. The van der Waals surface area contributed by atoms with Crippen molar-refractivity contribution < 1.29 is 14.6 Å². The van der Waals surface area contributed by atoms with Crippen LogP contribution in [0.15, 0.2) is 41.1 Å². The van der Waals surface area contributed by atoms with Gasteiger partial charge < -0.3 is 14.6 Å². The van der Waals surface area contributed by atoms with Crippen LogP contribution in [0.2, 0.25) is 0 Å². The van der Waals surface area contributed by atoms with E-state index in [-0.39, 0.29) is 0 Å². The first-order chi connectivity index (χ1) is 9.60. The van der Waals surface area contributed by atoms with Crippen LogP contribution in [0, 0.1) is 0 Å². The van der Waals surface area contributed by atoms with E-state index in [9.17, 15) is 5.11 Å². The van der Waals surface area contributed by atoms with Gasteiger partial charge in [-0.2, -0.15) is 0 Å². The number of hydrogen-bond donors (Lipinski definition) is 1. The lowest BCUT2D eigenvalue weighted by atomic mass is 10.1. The second-order valence-electron chi connectivity index (χ2n) is 4.39. The Morgan fingerprint density at radius 2 is 2.05 bits per heavy atom. The van der Waals surface area contributed by atoms with Crippen molar-refractivity contribution in [1.82, 2.24) is 4.98 Å². The molecule has 0 saturated carbocycles. The van der Waals surface area contributed by atoms with E-state index in [0.29, 0.717) is 18.1 Å². The van der Waals surface area contributed by atoms with Gasteiger partial charge in [0.2, 0.25) is 0 Å². The van der Waals surface area contributed by atoms with E-state index in [2.05, 4.69) is 20.9 Å². The zero-order valence-corrected chi connectivity index (χ0v) is 12.9. The van der Waals surface area contributed by atoms with Crippen molar-refractivity contribution in [3.8, 4) is 11.5 Å². The van der Waals surface area contributed by atoms with Crippen LogP contribution in [0.4, 0.5) is 0 Å². The molecule has 0 aliphatic carbocycles. The van der Waals surface area contributed by atoms with E-state index in [1.54, 1.807) is 38.6 Å². The second kappa shape index (κ2) is 6.72. The lowest BCUT2D eigenvalue weighted by Crippen LogP contribution is -2.00. The first kappa shape index (κ1) is 14.8. The van der Waals surface area contributed by atoms with Gasteiger partial charge >= 0.3 is 0 Å². The third-order valence-corrected chi connectivity index (χ3v) is 3.26. The van der Waals surface area contributed by atoms with Crippen molar-refractivity contribution in [3.63, 3.8) is 0 Å². The largest absolute Gasteiger partial charge is 0.493 e. The average molecular weight is 338 g/mol. The van der Waals surface area contributed by atoms with Crippen LogP contribution in [0.3, 0.4) is 0 Å². The monoisotopic (exact) mass is 337 g/mol. The minimum absolute atomic E-state index is 0.400. The van der Waals surface area contributed by atoms with Gasteiger partial charge in [-0.25, -0.2) is 0 Å². The molecule has 4 nitrogen and oxygen atoms in total. The second-order valence-corrected chi connectivity index (χ2v) is 5.30. The van der Waals surface area contributed by atoms with Crippen molar-refractivity contribution >= 4 is 15.9 Å². The Bertz CT molecular complexity index is 587. The molecule has 0 fully saturated rings. The maximum Gasteiger partial charge on any atom is 0.161 e. The highest BCUT2D eigenvalue weighted by molar-refractivity contribution is 9.10. The molecule has 0 radical (unpaired) electrons. The number of hydrogen-bond acceptors (Lipinski definition) is 4. The van der Waals surface area contributed by atoms with Crippen molar-refractivity contribution in [2.75, 3.05) is 7.11 Å². The highest BCUT2D eigenvalue weighted by atomic mass is 79.9. The van der Waals surface area contributed by atoms with Gasteiger partial charge in [-0.05, 0) is 46.6 Å². The Hall–Kier alpha value is -1.59. The van der Waals surface area contributed by atoms with Gasteiger partial charge in [-0.3, -0.25) is 4.98 Å². The van der Waals surface area contributed by atoms with E-state index in [1.165, 1.54) is 0 Å². The highest BCUT2D eigenvalue weighted by Gasteiger charge is 2.09. The predicted molar refractivity (Wildman–Crippen MR) is 79.9 cm³/mol. The number of benzene rings is 1. The number of nitrogens with zero attached hydrogens (tertiary/aromatic N) is 1. The van der Waals surface area contributed by atoms with Crippen LogP contribution in [-0.2, 0) is 6.61 Å². The fourth-order valence-electron chi connectivity index (χ4n) is 1.76. The minimum atomic E-state index is -0.535. The number of pyridine rings is 1. The summed E-state index contributed by atoms with van der Waals surface area (Å²) in [4.78, 5) is 4.09. The fourth-order valence-corrected chi connectivity index (χ4v) is 2.17. The van der Waals surface area contributed by atoms with Crippen LogP contribution >= 0.6 is 15.9 Å². The zero-order chi connectivity index (χ0) is 14.5. The minimum Gasteiger partial charge on any atom is -0.493 e. The summed E-state index contributed by atoms with van der Waals surface area (Å²) in [6.45, 7) is 2.11. The Balaban J connectivity index is 2.13. The summed E-state index contributed by atoms with van der Waals surface area (Å²) < 4.78 is 11.9. The average Bonchev–Trinajstić information content (AvgIpc) is 2.45. The summed E-state index contributed by atoms with van der Waals surface area (Å²) in [5, 5.41) is 9.56. The van der Waals surface area contributed by atoms with Gasteiger partial charge in [0, 0.05) is 22.4 Å². The third kappa shape index (κ3) is 3.71. The molecule has 1 heterocycles. The van der Waals surface area contributed by atoms with Crippen LogP contribution in [-0.4, -0.2) is 17.2 Å². The molecule has 5 heteroatoms. The van der Waals surface area contributed by atoms with Crippen LogP contribution in [0.1, 0.15) is 24.2 Å². The summed E-state index contributed by atoms with van der Waals surface area (Å²) in [6.07, 6.45) is 2.94. The molecule has 0 bridgehead atoms. The zero-order valence-electron chi connectivity index (χ0n) is 11.3. The SMILES string of the molecule is COc1cc([C@H](C)O)ccc1OCc1cncc(Br)c1. The molecule has 0 aliphatic rings. The van der Waals surface area contributed by atoms with Gasteiger partial charge in [0.25, 0.3) is 0 Å². The number of rotatable bonds is 5. The summed E-state index contributed by atoms with van der Waals surface area (Å²) >= 11 is 3.37. The van der Waals surface area contributed by atoms with E-state index < -0.39 is 6.10 Å². The van der Waals surface area contributed by atoms with Crippen LogP contribution in [0.5, 0.6) is 11.5 Å².